The number of rotatable bonds is 5. The molecule has 0 aromatic heterocycles. The lowest BCUT2D eigenvalue weighted by molar-refractivity contribution is -0.112. The van der Waals surface area contributed by atoms with E-state index in [0.717, 1.165) is 12.1 Å². The fraction of sp³-hybridized carbons (Fsp3) is 0.273. The molecule has 0 aliphatic rings. The van der Waals surface area contributed by atoms with E-state index >= 15 is 0 Å². The van der Waals surface area contributed by atoms with E-state index < -0.39 is 29.0 Å². The van der Waals surface area contributed by atoms with E-state index in [2.05, 4.69) is 5.32 Å². The Labute approximate surface area is 107 Å². The van der Waals surface area contributed by atoms with Gasteiger partial charge < -0.3 is 10.4 Å². The van der Waals surface area contributed by atoms with Gasteiger partial charge in [-0.2, -0.15) is 0 Å². The van der Waals surface area contributed by atoms with Crippen molar-refractivity contribution in [3.8, 4) is 0 Å². The van der Waals surface area contributed by atoms with E-state index in [1.807, 2.05) is 0 Å². The molecule has 0 spiro atoms. The Balaban J connectivity index is 2.80. The average Bonchev–Trinajstić information content (AvgIpc) is 2.12. The van der Waals surface area contributed by atoms with Gasteiger partial charge in [-0.25, -0.2) is 13.6 Å². The van der Waals surface area contributed by atoms with Crippen molar-refractivity contribution in [3.05, 3.63) is 35.4 Å². The maximum atomic E-state index is 12.9. The van der Waals surface area contributed by atoms with Gasteiger partial charge in [0.15, 0.2) is 0 Å². The summed E-state index contributed by atoms with van der Waals surface area (Å²) in [7, 11) is 0. The van der Waals surface area contributed by atoms with Crippen molar-refractivity contribution in [1.29, 1.82) is 0 Å². The number of hydrogen-bond acceptors (Lipinski definition) is 2. The second-order valence-electron chi connectivity index (χ2n) is 3.69. The highest BCUT2D eigenvalue weighted by Crippen LogP contribution is 2.12. The summed E-state index contributed by atoms with van der Waals surface area (Å²) in [5.74, 6) is -1.53. The number of carboxylic acid groups (broad SMARTS) is 1. The molecule has 0 heterocycles. The first-order chi connectivity index (χ1) is 8.36. The average molecular weight is 278 g/mol. The van der Waals surface area contributed by atoms with Crippen molar-refractivity contribution in [2.75, 3.05) is 0 Å². The third-order valence-electron chi connectivity index (χ3n) is 2.14. The van der Waals surface area contributed by atoms with Crippen molar-refractivity contribution < 1.29 is 23.5 Å². The summed E-state index contributed by atoms with van der Waals surface area (Å²) in [6.45, 7) is 0. The van der Waals surface area contributed by atoms with E-state index in [4.69, 9.17) is 16.7 Å². The normalized spacial score (nSPS) is 11.9. The summed E-state index contributed by atoms with van der Waals surface area (Å²) < 4.78 is 25.9. The summed E-state index contributed by atoms with van der Waals surface area (Å²) in [5, 5.41) is 9.90. The summed E-state index contributed by atoms with van der Waals surface area (Å²) in [6.07, 6.45) is -1.62. The maximum absolute atomic E-state index is 12.9. The molecule has 0 radical (unpaired) electrons. The second kappa shape index (κ2) is 6.30. The first kappa shape index (κ1) is 14.4. The van der Waals surface area contributed by atoms with E-state index in [1.165, 1.54) is 0 Å². The van der Waals surface area contributed by atoms with E-state index in [1.54, 1.807) is 0 Å². The van der Waals surface area contributed by atoms with Gasteiger partial charge in [0.1, 0.15) is 11.6 Å². The summed E-state index contributed by atoms with van der Waals surface area (Å²) >= 11 is 5.16. The first-order valence-corrected chi connectivity index (χ1v) is 5.37. The molecule has 1 atom stereocenters. The Morgan fingerprint density at radius 1 is 1.28 bits per heavy atom. The monoisotopic (exact) mass is 277 g/mol. The van der Waals surface area contributed by atoms with Crippen LogP contribution in [0.5, 0.6) is 0 Å². The number of nitrogens with one attached hydrogen (secondary N) is 1. The number of hydrogen-bond donors (Lipinski definition) is 2. The Morgan fingerprint density at radius 3 is 2.28 bits per heavy atom. The molecule has 0 aliphatic carbocycles. The van der Waals surface area contributed by atoms with Crippen LogP contribution in [0.4, 0.5) is 13.6 Å². The third kappa shape index (κ3) is 5.09. The molecular formula is C11H10ClF2NO3. The van der Waals surface area contributed by atoms with Gasteiger partial charge in [-0.1, -0.05) is 0 Å². The van der Waals surface area contributed by atoms with Crippen molar-refractivity contribution >= 4 is 22.9 Å². The van der Waals surface area contributed by atoms with Gasteiger partial charge in [0, 0.05) is 18.5 Å². The molecule has 0 fully saturated rings. The van der Waals surface area contributed by atoms with Crippen LogP contribution in [0.25, 0.3) is 0 Å². The minimum Gasteiger partial charge on any atom is -0.465 e. The zero-order valence-electron chi connectivity index (χ0n) is 9.12. The van der Waals surface area contributed by atoms with Crippen molar-refractivity contribution in [2.45, 2.75) is 18.9 Å². The van der Waals surface area contributed by atoms with Gasteiger partial charge in [-0.05, 0) is 35.7 Å². The van der Waals surface area contributed by atoms with E-state index in [9.17, 15) is 18.4 Å². The van der Waals surface area contributed by atoms with E-state index in [0.29, 0.717) is 6.07 Å². The highest BCUT2D eigenvalue weighted by atomic mass is 35.5. The van der Waals surface area contributed by atoms with Crippen LogP contribution in [0.3, 0.4) is 0 Å². The van der Waals surface area contributed by atoms with Crippen LogP contribution in [0.1, 0.15) is 12.0 Å². The van der Waals surface area contributed by atoms with Gasteiger partial charge in [0.2, 0.25) is 5.24 Å². The molecule has 0 aliphatic heterocycles. The van der Waals surface area contributed by atoms with Crippen LogP contribution < -0.4 is 5.32 Å². The largest absolute Gasteiger partial charge is 0.465 e. The Morgan fingerprint density at radius 2 is 1.83 bits per heavy atom. The molecule has 7 heteroatoms. The third-order valence-corrected chi connectivity index (χ3v) is 2.29. The molecule has 0 saturated carbocycles. The van der Waals surface area contributed by atoms with Crippen LogP contribution in [0.15, 0.2) is 18.2 Å². The molecule has 0 unspecified atom stereocenters. The first-order valence-electron chi connectivity index (χ1n) is 4.99. The van der Waals surface area contributed by atoms with Gasteiger partial charge in [-0.3, -0.25) is 4.79 Å². The van der Waals surface area contributed by atoms with E-state index in [-0.39, 0.29) is 18.4 Å². The maximum Gasteiger partial charge on any atom is 0.404 e. The summed E-state index contributed by atoms with van der Waals surface area (Å²) in [4.78, 5) is 21.2. The molecule has 0 saturated heterocycles. The summed E-state index contributed by atoms with van der Waals surface area (Å²) in [6, 6.07) is 2.01. The van der Waals surface area contributed by atoms with Gasteiger partial charge >= 0.3 is 6.09 Å². The zero-order valence-corrected chi connectivity index (χ0v) is 9.88. The van der Waals surface area contributed by atoms with Gasteiger partial charge in [0.05, 0.1) is 0 Å². The lowest BCUT2D eigenvalue weighted by Crippen LogP contribution is -2.36. The fourth-order valence-electron chi connectivity index (χ4n) is 1.56. The second-order valence-corrected chi connectivity index (χ2v) is 4.11. The summed E-state index contributed by atoms with van der Waals surface area (Å²) in [5.41, 5.74) is 0.240. The minimum atomic E-state index is -1.34. The lowest BCUT2D eigenvalue weighted by Gasteiger charge is -2.15. The van der Waals surface area contributed by atoms with Crippen LogP contribution in [-0.2, 0) is 11.2 Å². The van der Waals surface area contributed by atoms with Gasteiger partial charge in [0.25, 0.3) is 0 Å². The fourth-order valence-corrected chi connectivity index (χ4v) is 1.74. The van der Waals surface area contributed by atoms with Crippen LogP contribution in [0.2, 0.25) is 0 Å². The van der Waals surface area contributed by atoms with Crippen LogP contribution in [-0.4, -0.2) is 22.5 Å². The molecule has 1 rings (SSSR count). The molecule has 2 N–H and O–H groups in total. The van der Waals surface area contributed by atoms with Gasteiger partial charge in [-0.15, -0.1) is 0 Å². The standard InChI is InChI=1S/C11H10ClF2NO3/c12-10(16)5-9(15-11(17)18)3-6-1-7(13)4-8(14)2-6/h1-2,4,9,15H,3,5H2,(H,17,18)/t9-/m0/s1. The number of benzene rings is 1. The Hall–Kier alpha value is -1.69. The number of halogens is 3. The highest BCUT2D eigenvalue weighted by molar-refractivity contribution is 6.63. The minimum absolute atomic E-state index is 0.0283. The Bertz CT molecular complexity index is 431. The SMILES string of the molecule is O=C(Cl)C[C@H](Cc1cc(F)cc(F)c1)NC(=O)O. The molecule has 1 amide bonds. The number of carbonyl (C=O) groups is 2. The Kier molecular flexibility index (Phi) is 5.03. The smallest absolute Gasteiger partial charge is 0.404 e. The van der Waals surface area contributed by atoms with Crippen molar-refractivity contribution in [2.24, 2.45) is 0 Å². The zero-order chi connectivity index (χ0) is 13.7. The molecule has 98 valence electrons. The van der Waals surface area contributed by atoms with Crippen molar-refractivity contribution in [3.63, 3.8) is 0 Å². The molecule has 0 bridgehead atoms. The molecule has 4 nitrogen and oxygen atoms in total. The van der Waals surface area contributed by atoms with Crippen molar-refractivity contribution in [1.82, 2.24) is 5.32 Å². The topological polar surface area (TPSA) is 66.4 Å². The molecule has 18 heavy (non-hydrogen) atoms. The van der Waals surface area contributed by atoms with Crippen LogP contribution >= 0.6 is 11.6 Å². The quantitative estimate of drug-likeness (QED) is 0.812. The predicted octanol–water partition coefficient (Wildman–Crippen LogP) is 2.30. The number of amides is 1. The molecular weight excluding hydrogens is 268 g/mol. The highest BCUT2D eigenvalue weighted by Gasteiger charge is 2.16. The van der Waals surface area contributed by atoms with Crippen LogP contribution in [0, 0.1) is 11.6 Å². The predicted molar refractivity (Wildman–Crippen MR) is 60.5 cm³/mol. The molecule has 1 aromatic carbocycles. The molecule has 1 aromatic rings. The number of carbonyl (C=O) groups excluding carboxylic acids is 1. The lowest BCUT2D eigenvalue weighted by atomic mass is 10.0.